The van der Waals surface area contributed by atoms with E-state index in [1.807, 2.05) is 6.92 Å². The van der Waals surface area contributed by atoms with Crippen molar-refractivity contribution in [2.24, 2.45) is 0 Å². The number of hydrogen-bond donors (Lipinski definition) is 2. The molecule has 0 radical (unpaired) electrons. The van der Waals surface area contributed by atoms with Gasteiger partial charge in [0.05, 0.1) is 6.10 Å². The molecule has 4 nitrogen and oxygen atoms in total. The van der Waals surface area contributed by atoms with Crippen LogP contribution in [0.5, 0.6) is 0 Å². The number of rotatable bonds is 4. The third-order valence-corrected chi connectivity index (χ3v) is 1.91. The van der Waals surface area contributed by atoms with Crippen molar-refractivity contribution in [3.05, 3.63) is 11.6 Å². The fourth-order valence-corrected chi connectivity index (χ4v) is 1.29. The van der Waals surface area contributed by atoms with Crippen molar-refractivity contribution in [2.45, 2.75) is 32.3 Å². The van der Waals surface area contributed by atoms with Crippen LogP contribution in [0.15, 0.2) is 11.6 Å². The highest BCUT2D eigenvalue weighted by molar-refractivity contribution is 6.16. The lowest BCUT2D eigenvalue weighted by atomic mass is 10.1. The van der Waals surface area contributed by atoms with Crippen molar-refractivity contribution in [1.29, 1.82) is 0 Å². The number of aliphatic hydroxyl groups is 1. The Hall–Kier alpha value is -1.16. The predicted molar refractivity (Wildman–Crippen MR) is 46.8 cm³/mol. The number of nitrogens with one attached hydrogen (secondary N) is 1. The zero-order valence-corrected chi connectivity index (χ0v) is 7.54. The fourth-order valence-electron chi connectivity index (χ4n) is 1.29. The molecule has 0 bridgehead atoms. The van der Waals surface area contributed by atoms with Crippen LogP contribution in [0.2, 0.25) is 0 Å². The second-order valence-corrected chi connectivity index (χ2v) is 3.13. The second-order valence-electron chi connectivity index (χ2n) is 3.13. The van der Waals surface area contributed by atoms with Crippen LogP contribution in [0, 0.1) is 0 Å². The van der Waals surface area contributed by atoms with E-state index in [4.69, 9.17) is 0 Å². The lowest BCUT2D eigenvalue weighted by Gasteiger charge is -2.07. The van der Waals surface area contributed by atoms with E-state index in [0.717, 1.165) is 6.42 Å². The van der Waals surface area contributed by atoms with Crippen molar-refractivity contribution >= 4 is 11.8 Å². The average molecular weight is 183 g/mol. The van der Waals surface area contributed by atoms with Crippen LogP contribution < -0.4 is 5.32 Å². The molecule has 0 saturated heterocycles. The number of carbonyl (C=O) groups excluding carboxylic acids is 2. The molecule has 0 spiro atoms. The van der Waals surface area contributed by atoms with Gasteiger partial charge < -0.3 is 5.11 Å². The molecular formula is C9H13NO3. The van der Waals surface area contributed by atoms with Crippen LogP contribution in [0.4, 0.5) is 0 Å². The Labute approximate surface area is 76.6 Å². The van der Waals surface area contributed by atoms with Gasteiger partial charge >= 0.3 is 0 Å². The van der Waals surface area contributed by atoms with E-state index in [1.54, 1.807) is 0 Å². The summed E-state index contributed by atoms with van der Waals surface area (Å²) in [7, 11) is 0. The maximum atomic E-state index is 11.0. The summed E-state index contributed by atoms with van der Waals surface area (Å²) in [6, 6.07) is 0. The maximum absolute atomic E-state index is 11.0. The van der Waals surface area contributed by atoms with Gasteiger partial charge in [-0.1, -0.05) is 13.3 Å². The third kappa shape index (κ3) is 2.66. The lowest BCUT2D eigenvalue weighted by Crippen LogP contribution is -2.23. The van der Waals surface area contributed by atoms with Crippen molar-refractivity contribution in [2.75, 3.05) is 0 Å². The van der Waals surface area contributed by atoms with E-state index >= 15 is 0 Å². The smallest absolute Gasteiger partial charge is 0.254 e. The summed E-state index contributed by atoms with van der Waals surface area (Å²) >= 11 is 0. The standard InChI is InChI=1S/C9H13NO3/c1-2-3-7(11)4-6-5-8(12)10-9(6)13/h5,7,11H,2-4H2,1H3,(H,10,12,13). The third-order valence-electron chi connectivity index (χ3n) is 1.91. The molecule has 0 aromatic rings. The fraction of sp³-hybridized carbons (Fsp3) is 0.556. The van der Waals surface area contributed by atoms with Gasteiger partial charge in [0.2, 0.25) is 0 Å². The first-order chi connectivity index (χ1) is 6.13. The molecule has 1 atom stereocenters. The van der Waals surface area contributed by atoms with Crippen molar-refractivity contribution in [1.82, 2.24) is 5.32 Å². The molecule has 0 fully saturated rings. The first-order valence-electron chi connectivity index (χ1n) is 4.37. The Morgan fingerprint density at radius 3 is 2.69 bits per heavy atom. The van der Waals surface area contributed by atoms with E-state index in [2.05, 4.69) is 5.32 Å². The topological polar surface area (TPSA) is 66.4 Å². The highest BCUT2D eigenvalue weighted by atomic mass is 16.3. The minimum atomic E-state index is -0.520. The van der Waals surface area contributed by atoms with Gasteiger partial charge in [0.1, 0.15) is 0 Å². The van der Waals surface area contributed by atoms with Gasteiger partial charge in [0, 0.05) is 18.1 Å². The van der Waals surface area contributed by atoms with E-state index in [9.17, 15) is 14.7 Å². The summed E-state index contributed by atoms with van der Waals surface area (Å²) in [5.41, 5.74) is 0.381. The number of amides is 2. The number of hydrogen-bond acceptors (Lipinski definition) is 3. The normalized spacial score (nSPS) is 18.5. The average Bonchev–Trinajstić information content (AvgIpc) is 2.30. The largest absolute Gasteiger partial charge is 0.393 e. The van der Waals surface area contributed by atoms with Crippen LogP contribution in [0.3, 0.4) is 0 Å². The summed E-state index contributed by atoms with van der Waals surface area (Å²) in [4.78, 5) is 21.7. The van der Waals surface area contributed by atoms with E-state index in [0.29, 0.717) is 12.0 Å². The molecule has 4 heteroatoms. The zero-order chi connectivity index (χ0) is 9.84. The summed E-state index contributed by atoms with van der Waals surface area (Å²) < 4.78 is 0. The minimum Gasteiger partial charge on any atom is -0.393 e. The monoisotopic (exact) mass is 183 g/mol. The van der Waals surface area contributed by atoms with E-state index < -0.39 is 6.10 Å². The molecule has 1 aliphatic rings. The summed E-state index contributed by atoms with van der Waals surface area (Å²) in [6.45, 7) is 1.96. The first-order valence-corrected chi connectivity index (χ1v) is 4.37. The summed E-state index contributed by atoms with van der Waals surface area (Å²) in [5.74, 6) is -0.760. The molecule has 13 heavy (non-hydrogen) atoms. The van der Waals surface area contributed by atoms with Gasteiger partial charge in [0.15, 0.2) is 0 Å². The maximum Gasteiger partial charge on any atom is 0.254 e. The van der Waals surface area contributed by atoms with Crippen molar-refractivity contribution in [3.8, 4) is 0 Å². The molecule has 1 heterocycles. The van der Waals surface area contributed by atoms with Gasteiger partial charge in [-0.05, 0) is 6.42 Å². The van der Waals surface area contributed by atoms with Crippen LogP contribution >= 0.6 is 0 Å². The SMILES string of the molecule is CCCC(O)CC1=CC(=O)NC1=O. The molecule has 1 aliphatic heterocycles. The Kier molecular flexibility index (Phi) is 3.19. The molecule has 0 aliphatic carbocycles. The first kappa shape index (κ1) is 9.92. The summed E-state index contributed by atoms with van der Waals surface area (Å²) in [5, 5.41) is 11.5. The predicted octanol–water partition coefficient (Wildman–Crippen LogP) is 0.120. The number of carbonyl (C=O) groups is 2. The van der Waals surface area contributed by atoms with Crippen molar-refractivity contribution in [3.63, 3.8) is 0 Å². The molecule has 0 aromatic carbocycles. The van der Waals surface area contributed by atoms with Gasteiger partial charge in [-0.15, -0.1) is 0 Å². The lowest BCUT2D eigenvalue weighted by molar-refractivity contribution is -0.124. The summed E-state index contributed by atoms with van der Waals surface area (Å²) in [6.07, 6.45) is 2.52. The second kappa shape index (κ2) is 4.18. The molecule has 72 valence electrons. The molecule has 0 aromatic heterocycles. The molecule has 2 N–H and O–H groups in total. The van der Waals surface area contributed by atoms with Crippen LogP contribution in [0.25, 0.3) is 0 Å². The molecular weight excluding hydrogens is 170 g/mol. The minimum absolute atomic E-state index is 0.269. The Morgan fingerprint density at radius 1 is 1.54 bits per heavy atom. The quantitative estimate of drug-likeness (QED) is 0.608. The number of imide groups is 1. The Balaban J connectivity index is 2.49. The van der Waals surface area contributed by atoms with Crippen molar-refractivity contribution < 1.29 is 14.7 Å². The zero-order valence-electron chi connectivity index (χ0n) is 7.54. The Bertz CT molecular complexity index is 258. The van der Waals surface area contributed by atoms with Gasteiger partial charge in [-0.2, -0.15) is 0 Å². The molecule has 2 amide bonds. The van der Waals surface area contributed by atoms with Crippen LogP contribution in [0.1, 0.15) is 26.2 Å². The highest BCUT2D eigenvalue weighted by Gasteiger charge is 2.22. The van der Waals surface area contributed by atoms with Gasteiger partial charge in [-0.25, -0.2) is 0 Å². The van der Waals surface area contributed by atoms with E-state index in [-0.39, 0.29) is 18.2 Å². The molecule has 1 unspecified atom stereocenters. The molecule has 0 saturated carbocycles. The van der Waals surface area contributed by atoms with Gasteiger partial charge in [-0.3, -0.25) is 14.9 Å². The van der Waals surface area contributed by atoms with E-state index in [1.165, 1.54) is 6.08 Å². The Morgan fingerprint density at radius 2 is 2.23 bits per heavy atom. The molecule has 1 rings (SSSR count). The van der Waals surface area contributed by atoms with Gasteiger partial charge in [0.25, 0.3) is 11.8 Å². The van der Waals surface area contributed by atoms with Crippen LogP contribution in [-0.2, 0) is 9.59 Å². The van der Waals surface area contributed by atoms with Crippen LogP contribution in [-0.4, -0.2) is 23.0 Å². The highest BCUT2D eigenvalue weighted by Crippen LogP contribution is 2.13. The number of aliphatic hydroxyl groups excluding tert-OH is 1.